The minimum absolute atomic E-state index is 0.0862. The minimum atomic E-state index is 0.0862. The maximum absolute atomic E-state index is 5.89. The standard InChI is InChI=1S/C17H22N2/c1-4-19(17-7-5-6-13(2)12-17)16-10-8-15(9-11-16)14(3)18/h5-12,14H,4,18H2,1-3H3. The summed E-state index contributed by atoms with van der Waals surface area (Å²) in [6, 6.07) is 17.2. The molecular formula is C17H22N2. The summed E-state index contributed by atoms with van der Waals surface area (Å²) >= 11 is 0. The van der Waals surface area contributed by atoms with Gasteiger partial charge in [-0.1, -0.05) is 24.3 Å². The van der Waals surface area contributed by atoms with Crippen molar-refractivity contribution in [3.63, 3.8) is 0 Å². The number of anilines is 2. The molecule has 0 bridgehead atoms. The van der Waals surface area contributed by atoms with Gasteiger partial charge >= 0.3 is 0 Å². The Hall–Kier alpha value is -1.80. The molecule has 0 spiro atoms. The lowest BCUT2D eigenvalue weighted by Gasteiger charge is -2.24. The fourth-order valence-corrected chi connectivity index (χ4v) is 2.27. The van der Waals surface area contributed by atoms with E-state index in [4.69, 9.17) is 5.73 Å². The molecule has 0 aliphatic heterocycles. The summed E-state index contributed by atoms with van der Waals surface area (Å²) in [5.41, 5.74) is 10.8. The van der Waals surface area contributed by atoms with Crippen LogP contribution < -0.4 is 10.6 Å². The lowest BCUT2D eigenvalue weighted by molar-refractivity contribution is 0.818. The van der Waals surface area contributed by atoms with Gasteiger partial charge in [0.15, 0.2) is 0 Å². The van der Waals surface area contributed by atoms with Crippen LogP contribution in [0.3, 0.4) is 0 Å². The van der Waals surface area contributed by atoms with Crippen LogP contribution in [0.15, 0.2) is 48.5 Å². The molecule has 2 N–H and O–H groups in total. The smallest absolute Gasteiger partial charge is 0.0413 e. The second kappa shape index (κ2) is 5.89. The van der Waals surface area contributed by atoms with E-state index in [1.54, 1.807) is 0 Å². The first-order valence-corrected chi connectivity index (χ1v) is 6.81. The number of benzene rings is 2. The van der Waals surface area contributed by atoms with E-state index >= 15 is 0 Å². The van der Waals surface area contributed by atoms with Crippen LogP contribution >= 0.6 is 0 Å². The van der Waals surface area contributed by atoms with E-state index in [9.17, 15) is 0 Å². The molecule has 0 saturated heterocycles. The molecule has 0 saturated carbocycles. The van der Waals surface area contributed by atoms with Gasteiger partial charge in [-0.2, -0.15) is 0 Å². The highest BCUT2D eigenvalue weighted by atomic mass is 15.1. The van der Waals surface area contributed by atoms with Crippen LogP contribution in [0.2, 0.25) is 0 Å². The van der Waals surface area contributed by atoms with Crippen LogP contribution in [0.1, 0.15) is 31.0 Å². The highest BCUT2D eigenvalue weighted by molar-refractivity contribution is 5.64. The van der Waals surface area contributed by atoms with Gasteiger partial charge in [-0.3, -0.25) is 0 Å². The van der Waals surface area contributed by atoms with E-state index in [1.807, 2.05) is 6.92 Å². The van der Waals surface area contributed by atoms with Crippen molar-refractivity contribution in [3.8, 4) is 0 Å². The number of hydrogen-bond acceptors (Lipinski definition) is 2. The van der Waals surface area contributed by atoms with Crippen LogP contribution in [0.4, 0.5) is 11.4 Å². The van der Waals surface area contributed by atoms with Gasteiger partial charge in [-0.25, -0.2) is 0 Å². The summed E-state index contributed by atoms with van der Waals surface area (Å²) in [5.74, 6) is 0. The third-order valence-corrected chi connectivity index (χ3v) is 3.36. The predicted octanol–water partition coefficient (Wildman–Crippen LogP) is 4.17. The monoisotopic (exact) mass is 254 g/mol. The van der Waals surface area contributed by atoms with E-state index in [1.165, 1.54) is 22.5 Å². The zero-order valence-corrected chi connectivity index (χ0v) is 11.9. The van der Waals surface area contributed by atoms with Crippen molar-refractivity contribution in [2.45, 2.75) is 26.8 Å². The van der Waals surface area contributed by atoms with Crippen LogP contribution in [-0.2, 0) is 0 Å². The second-order valence-electron chi connectivity index (χ2n) is 4.96. The molecule has 2 aromatic rings. The van der Waals surface area contributed by atoms with Crippen LogP contribution in [0.25, 0.3) is 0 Å². The third kappa shape index (κ3) is 3.15. The molecule has 0 aliphatic carbocycles. The van der Waals surface area contributed by atoms with Gasteiger partial charge in [0.2, 0.25) is 0 Å². The largest absolute Gasteiger partial charge is 0.342 e. The fraction of sp³-hybridized carbons (Fsp3) is 0.294. The summed E-state index contributed by atoms with van der Waals surface area (Å²) in [7, 11) is 0. The van der Waals surface area contributed by atoms with Crippen molar-refractivity contribution in [1.82, 2.24) is 0 Å². The van der Waals surface area contributed by atoms with Gasteiger partial charge in [0.1, 0.15) is 0 Å². The number of aryl methyl sites for hydroxylation is 1. The zero-order valence-electron chi connectivity index (χ0n) is 11.9. The van der Waals surface area contributed by atoms with E-state index in [0.29, 0.717) is 0 Å². The summed E-state index contributed by atoms with van der Waals surface area (Å²) in [6.45, 7) is 7.24. The molecule has 0 aromatic heterocycles. The average Bonchev–Trinajstić information content (AvgIpc) is 2.40. The molecule has 2 aromatic carbocycles. The van der Waals surface area contributed by atoms with E-state index in [-0.39, 0.29) is 6.04 Å². The molecule has 2 heteroatoms. The molecule has 1 atom stereocenters. The fourth-order valence-electron chi connectivity index (χ4n) is 2.27. The number of nitrogens with two attached hydrogens (primary N) is 1. The zero-order chi connectivity index (χ0) is 13.8. The first kappa shape index (κ1) is 13.6. The molecular weight excluding hydrogens is 232 g/mol. The van der Waals surface area contributed by atoms with Gasteiger partial charge in [-0.15, -0.1) is 0 Å². The molecule has 0 heterocycles. The van der Waals surface area contributed by atoms with Gasteiger partial charge in [0.05, 0.1) is 0 Å². The molecule has 0 amide bonds. The number of hydrogen-bond donors (Lipinski definition) is 1. The van der Waals surface area contributed by atoms with E-state index in [2.05, 4.69) is 67.3 Å². The number of rotatable bonds is 4. The van der Waals surface area contributed by atoms with Crippen molar-refractivity contribution in [2.24, 2.45) is 5.73 Å². The molecule has 0 aliphatic rings. The summed E-state index contributed by atoms with van der Waals surface area (Å²) in [6.07, 6.45) is 0. The normalized spacial score (nSPS) is 12.2. The van der Waals surface area contributed by atoms with Crippen molar-refractivity contribution in [1.29, 1.82) is 0 Å². The maximum Gasteiger partial charge on any atom is 0.0413 e. The van der Waals surface area contributed by atoms with Gasteiger partial charge in [0.25, 0.3) is 0 Å². The Balaban J connectivity index is 2.31. The predicted molar refractivity (Wildman–Crippen MR) is 82.9 cm³/mol. The quantitative estimate of drug-likeness (QED) is 0.887. The Morgan fingerprint density at radius 1 is 1.05 bits per heavy atom. The van der Waals surface area contributed by atoms with Crippen LogP contribution in [0.5, 0.6) is 0 Å². The molecule has 2 rings (SSSR count). The Bertz CT molecular complexity index is 529. The molecule has 0 radical (unpaired) electrons. The SMILES string of the molecule is CCN(c1ccc(C(C)N)cc1)c1cccc(C)c1. The van der Waals surface area contributed by atoms with E-state index < -0.39 is 0 Å². The summed E-state index contributed by atoms with van der Waals surface area (Å²) in [4.78, 5) is 2.30. The first-order chi connectivity index (χ1) is 9.11. The lowest BCUT2D eigenvalue weighted by Crippen LogP contribution is -2.16. The highest BCUT2D eigenvalue weighted by Crippen LogP contribution is 2.26. The minimum Gasteiger partial charge on any atom is -0.342 e. The Kier molecular flexibility index (Phi) is 4.23. The second-order valence-corrected chi connectivity index (χ2v) is 4.96. The van der Waals surface area contributed by atoms with Crippen molar-refractivity contribution in [3.05, 3.63) is 59.7 Å². The molecule has 0 fully saturated rings. The maximum atomic E-state index is 5.89. The van der Waals surface area contributed by atoms with Gasteiger partial charge in [0, 0.05) is 24.0 Å². The van der Waals surface area contributed by atoms with Crippen LogP contribution in [-0.4, -0.2) is 6.54 Å². The third-order valence-electron chi connectivity index (χ3n) is 3.36. The first-order valence-electron chi connectivity index (χ1n) is 6.81. The highest BCUT2D eigenvalue weighted by Gasteiger charge is 2.07. The van der Waals surface area contributed by atoms with Crippen molar-refractivity contribution >= 4 is 11.4 Å². The molecule has 100 valence electrons. The number of nitrogens with zero attached hydrogens (tertiary/aromatic N) is 1. The molecule has 2 nitrogen and oxygen atoms in total. The van der Waals surface area contributed by atoms with Crippen molar-refractivity contribution in [2.75, 3.05) is 11.4 Å². The lowest BCUT2D eigenvalue weighted by atomic mass is 10.1. The average molecular weight is 254 g/mol. The van der Waals surface area contributed by atoms with Crippen LogP contribution in [0, 0.1) is 6.92 Å². The van der Waals surface area contributed by atoms with Gasteiger partial charge in [-0.05, 0) is 56.2 Å². The topological polar surface area (TPSA) is 29.3 Å². The summed E-state index contributed by atoms with van der Waals surface area (Å²) < 4.78 is 0. The van der Waals surface area contributed by atoms with Gasteiger partial charge < -0.3 is 10.6 Å². The van der Waals surface area contributed by atoms with E-state index in [0.717, 1.165) is 6.54 Å². The Morgan fingerprint density at radius 3 is 2.26 bits per heavy atom. The Morgan fingerprint density at radius 2 is 1.74 bits per heavy atom. The summed E-state index contributed by atoms with van der Waals surface area (Å²) in [5, 5.41) is 0. The van der Waals surface area contributed by atoms with Crippen molar-refractivity contribution < 1.29 is 0 Å². The molecule has 19 heavy (non-hydrogen) atoms. The molecule has 1 unspecified atom stereocenters. The Labute approximate surface area is 115 Å².